The molecule has 0 aliphatic rings. The van der Waals surface area contributed by atoms with Crippen LogP contribution in [0, 0.1) is 6.92 Å². The summed E-state index contributed by atoms with van der Waals surface area (Å²) >= 11 is 3.46. The number of rotatable bonds is 2. The van der Waals surface area contributed by atoms with E-state index in [-0.39, 0.29) is 0 Å². The van der Waals surface area contributed by atoms with Gasteiger partial charge in [-0.1, -0.05) is 0 Å². The molecule has 2 rings (SSSR count). The van der Waals surface area contributed by atoms with Crippen LogP contribution in [0.4, 0.5) is 5.82 Å². The lowest BCUT2D eigenvalue weighted by molar-refractivity contribution is 0.412. The second kappa shape index (κ2) is 4.41. The molecule has 0 unspecified atom stereocenters. The number of benzene rings is 1. The lowest BCUT2D eigenvalue weighted by Crippen LogP contribution is -1.97. The second-order valence-corrected chi connectivity index (χ2v) is 4.65. The van der Waals surface area contributed by atoms with Crippen LogP contribution in [0.2, 0.25) is 0 Å². The van der Waals surface area contributed by atoms with Crippen molar-refractivity contribution >= 4 is 21.7 Å². The van der Waals surface area contributed by atoms with Gasteiger partial charge in [0.1, 0.15) is 17.3 Å². The minimum absolute atomic E-state index is 0.619. The van der Waals surface area contributed by atoms with Crippen molar-refractivity contribution < 1.29 is 4.74 Å². The van der Waals surface area contributed by atoms with E-state index in [4.69, 9.17) is 10.5 Å². The summed E-state index contributed by atoms with van der Waals surface area (Å²) < 4.78 is 7.71. The zero-order valence-electron chi connectivity index (χ0n) is 9.99. The minimum atomic E-state index is 0.619. The number of nitrogens with zero attached hydrogens (tertiary/aromatic N) is 2. The molecule has 0 aliphatic carbocycles. The Balaban J connectivity index is 2.53. The van der Waals surface area contributed by atoms with Crippen molar-refractivity contribution in [2.75, 3.05) is 12.8 Å². The third-order valence-corrected chi connectivity index (χ3v) is 3.48. The van der Waals surface area contributed by atoms with Gasteiger partial charge in [0.2, 0.25) is 0 Å². The Bertz CT molecular complexity index is 563. The number of aryl methyl sites for hydroxylation is 2. The number of nitrogen functional groups attached to an aromatic ring is 1. The van der Waals surface area contributed by atoms with Crippen molar-refractivity contribution in [3.63, 3.8) is 0 Å². The maximum atomic E-state index is 5.86. The number of anilines is 1. The van der Waals surface area contributed by atoms with Gasteiger partial charge in [-0.05, 0) is 46.6 Å². The minimum Gasteiger partial charge on any atom is -0.496 e. The number of hydrogen-bond acceptors (Lipinski definition) is 3. The number of methoxy groups -OCH3 is 1. The highest BCUT2D eigenvalue weighted by molar-refractivity contribution is 9.10. The molecule has 0 saturated heterocycles. The summed E-state index contributed by atoms with van der Waals surface area (Å²) in [6.45, 7) is 2.00. The first-order valence-electron chi connectivity index (χ1n) is 5.17. The van der Waals surface area contributed by atoms with E-state index in [2.05, 4.69) is 21.0 Å². The maximum Gasteiger partial charge on any atom is 0.136 e. The van der Waals surface area contributed by atoms with Gasteiger partial charge in [-0.2, -0.15) is 5.10 Å². The summed E-state index contributed by atoms with van der Waals surface area (Å²) in [6.07, 6.45) is 0. The molecule has 4 nitrogen and oxygen atoms in total. The smallest absolute Gasteiger partial charge is 0.136 e. The number of hydrogen-bond donors (Lipinski definition) is 1. The molecule has 5 heteroatoms. The zero-order chi connectivity index (χ0) is 12.6. The average Bonchev–Trinajstić information content (AvgIpc) is 2.57. The molecule has 0 fully saturated rings. The normalized spacial score (nSPS) is 10.6. The Morgan fingerprint density at radius 1 is 1.41 bits per heavy atom. The first-order chi connectivity index (χ1) is 8.04. The van der Waals surface area contributed by atoms with Gasteiger partial charge in [-0.15, -0.1) is 0 Å². The lowest BCUT2D eigenvalue weighted by atomic mass is 10.1. The summed E-state index contributed by atoms with van der Waals surface area (Å²) in [5.74, 6) is 1.49. The highest BCUT2D eigenvalue weighted by atomic mass is 79.9. The topological polar surface area (TPSA) is 53.1 Å². The van der Waals surface area contributed by atoms with E-state index in [1.54, 1.807) is 11.8 Å². The average molecular weight is 296 g/mol. The van der Waals surface area contributed by atoms with Crippen molar-refractivity contribution in [3.8, 4) is 17.0 Å². The van der Waals surface area contributed by atoms with E-state index in [9.17, 15) is 0 Å². The standard InChI is InChI=1S/C12H14BrN3O/c1-7-6-8(4-5-9(7)17-3)11-10(13)12(14)16(2)15-11/h4-6H,14H2,1-3H3. The number of aromatic nitrogens is 2. The highest BCUT2D eigenvalue weighted by Crippen LogP contribution is 2.33. The molecule has 1 aromatic heterocycles. The summed E-state index contributed by atoms with van der Waals surface area (Å²) in [7, 11) is 3.48. The molecule has 17 heavy (non-hydrogen) atoms. The van der Waals surface area contributed by atoms with Crippen LogP contribution in [-0.4, -0.2) is 16.9 Å². The maximum absolute atomic E-state index is 5.86. The molecule has 1 aromatic carbocycles. The number of halogens is 1. The third-order valence-electron chi connectivity index (χ3n) is 2.70. The van der Waals surface area contributed by atoms with E-state index < -0.39 is 0 Å². The largest absolute Gasteiger partial charge is 0.496 e. The quantitative estimate of drug-likeness (QED) is 0.927. The van der Waals surface area contributed by atoms with Crippen molar-refractivity contribution in [2.45, 2.75) is 6.92 Å². The van der Waals surface area contributed by atoms with Gasteiger partial charge in [0.25, 0.3) is 0 Å². The first kappa shape index (κ1) is 12.0. The Labute approximate surface area is 109 Å². The molecule has 1 heterocycles. The van der Waals surface area contributed by atoms with Gasteiger partial charge in [0.15, 0.2) is 0 Å². The van der Waals surface area contributed by atoms with Crippen LogP contribution in [0.15, 0.2) is 22.7 Å². The number of nitrogens with two attached hydrogens (primary N) is 1. The zero-order valence-corrected chi connectivity index (χ0v) is 11.6. The second-order valence-electron chi connectivity index (χ2n) is 3.86. The monoisotopic (exact) mass is 295 g/mol. The molecule has 0 saturated carbocycles. The summed E-state index contributed by atoms with van der Waals surface area (Å²) in [5, 5.41) is 4.38. The van der Waals surface area contributed by atoms with Crippen LogP contribution in [0.25, 0.3) is 11.3 Å². The van der Waals surface area contributed by atoms with Crippen LogP contribution in [-0.2, 0) is 7.05 Å². The molecule has 0 radical (unpaired) electrons. The van der Waals surface area contributed by atoms with Crippen LogP contribution in [0.3, 0.4) is 0 Å². The van der Waals surface area contributed by atoms with Crippen molar-refractivity contribution in [2.24, 2.45) is 7.05 Å². The molecule has 0 atom stereocenters. The van der Waals surface area contributed by atoms with Crippen molar-refractivity contribution in [1.29, 1.82) is 0 Å². The molecule has 0 spiro atoms. The van der Waals surface area contributed by atoms with Crippen molar-refractivity contribution in [3.05, 3.63) is 28.2 Å². The van der Waals surface area contributed by atoms with E-state index in [1.807, 2.05) is 32.2 Å². The van der Waals surface area contributed by atoms with Gasteiger partial charge in [0, 0.05) is 12.6 Å². The van der Waals surface area contributed by atoms with Gasteiger partial charge < -0.3 is 10.5 Å². The Hall–Kier alpha value is -1.49. The Morgan fingerprint density at radius 3 is 2.59 bits per heavy atom. The number of ether oxygens (including phenoxy) is 1. The van der Waals surface area contributed by atoms with E-state index in [0.29, 0.717) is 5.82 Å². The molecule has 2 N–H and O–H groups in total. The van der Waals surface area contributed by atoms with E-state index in [1.165, 1.54) is 0 Å². The summed E-state index contributed by atoms with van der Waals surface area (Å²) in [6, 6.07) is 5.94. The van der Waals surface area contributed by atoms with Crippen LogP contribution >= 0.6 is 15.9 Å². The van der Waals surface area contributed by atoms with Gasteiger partial charge in [-0.25, -0.2) is 0 Å². The third kappa shape index (κ3) is 2.02. The molecule has 0 amide bonds. The lowest BCUT2D eigenvalue weighted by Gasteiger charge is -2.06. The van der Waals surface area contributed by atoms with Gasteiger partial charge >= 0.3 is 0 Å². The van der Waals surface area contributed by atoms with Crippen LogP contribution in [0.1, 0.15) is 5.56 Å². The predicted molar refractivity (Wildman–Crippen MR) is 72.0 cm³/mol. The van der Waals surface area contributed by atoms with Crippen LogP contribution < -0.4 is 10.5 Å². The van der Waals surface area contributed by atoms with Gasteiger partial charge in [0.05, 0.1) is 11.6 Å². The van der Waals surface area contributed by atoms with E-state index >= 15 is 0 Å². The summed E-state index contributed by atoms with van der Waals surface area (Å²) in [5.41, 5.74) is 8.79. The van der Waals surface area contributed by atoms with Gasteiger partial charge in [-0.3, -0.25) is 4.68 Å². The fraction of sp³-hybridized carbons (Fsp3) is 0.250. The first-order valence-corrected chi connectivity index (χ1v) is 5.97. The molecule has 0 bridgehead atoms. The SMILES string of the molecule is COc1ccc(-c2nn(C)c(N)c2Br)cc1C. The molecule has 2 aromatic rings. The molecular formula is C12H14BrN3O. The molecular weight excluding hydrogens is 282 g/mol. The fourth-order valence-electron chi connectivity index (χ4n) is 1.72. The molecule has 0 aliphatic heterocycles. The van der Waals surface area contributed by atoms with Crippen LogP contribution in [0.5, 0.6) is 5.75 Å². The summed E-state index contributed by atoms with van der Waals surface area (Å²) in [4.78, 5) is 0. The van der Waals surface area contributed by atoms with Crippen molar-refractivity contribution in [1.82, 2.24) is 9.78 Å². The van der Waals surface area contributed by atoms with E-state index in [0.717, 1.165) is 27.0 Å². The highest BCUT2D eigenvalue weighted by Gasteiger charge is 2.13. The fourth-order valence-corrected chi connectivity index (χ4v) is 2.29. The predicted octanol–water partition coefficient (Wildman–Crippen LogP) is 2.75. The Morgan fingerprint density at radius 2 is 2.12 bits per heavy atom. The Kier molecular flexibility index (Phi) is 3.11. The molecule has 90 valence electrons.